The number of hydrogen-bond acceptors (Lipinski definition) is 2. The smallest absolute Gasteiger partial charge is 0.230 e. The van der Waals surface area contributed by atoms with Crippen molar-refractivity contribution in [2.45, 2.75) is 26.2 Å². The average Bonchev–Trinajstić information content (AvgIpc) is 2.35. The number of benzene rings is 1. The van der Waals surface area contributed by atoms with Gasteiger partial charge in [0.25, 0.3) is 0 Å². The van der Waals surface area contributed by atoms with Crippen LogP contribution in [0.2, 0.25) is 5.02 Å². The summed E-state index contributed by atoms with van der Waals surface area (Å²) in [6.07, 6.45) is 0. The first-order valence-electron chi connectivity index (χ1n) is 6.23. The van der Waals surface area contributed by atoms with E-state index in [1.54, 1.807) is 0 Å². The van der Waals surface area contributed by atoms with Crippen molar-refractivity contribution in [2.75, 3.05) is 19.6 Å². The van der Waals surface area contributed by atoms with Gasteiger partial charge >= 0.3 is 0 Å². The van der Waals surface area contributed by atoms with E-state index in [4.69, 9.17) is 11.6 Å². The SMILES string of the molecule is CCNCCNC(=O)C(C)(C)c1ccc(Cl)cc1.Cl. The highest BCUT2D eigenvalue weighted by Gasteiger charge is 2.29. The predicted octanol–water partition coefficient (Wildman–Crippen LogP) is 2.77. The molecule has 0 saturated carbocycles. The fourth-order valence-electron chi connectivity index (χ4n) is 1.66. The summed E-state index contributed by atoms with van der Waals surface area (Å²) >= 11 is 5.85. The van der Waals surface area contributed by atoms with Gasteiger partial charge in [0.15, 0.2) is 0 Å². The molecule has 1 aromatic carbocycles. The highest BCUT2D eigenvalue weighted by Crippen LogP contribution is 2.24. The molecule has 1 aromatic rings. The van der Waals surface area contributed by atoms with E-state index < -0.39 is 5.41 Å². The van der Waals surface area contributed by atoms with Crippen LogP contribution in [0.5, 0.6) is 0 Å². The molecule has 5 heteroatoms. The summed E-state index contributed by atoms with van der Waals surface area (Å²) in [6.45, 7) is 8.22. The molecule has 0 heterocycles. The van der Waals surface area contributed by atoms with E-state index in [2.05, 4.69) is 10.6 Å². The summed E-state index contributed by atoms with van der Waals surface area (Å²) in [7, 11) is 0. The lowest BCUT2D eigenvalue weighted by Crippen LogP contribution is -2.42. The summed E-state index contributed by atoms with van der Waals surface area (Å²) < 4.78 is 0. The minimum atomic E-state index is -0.545. The van der Waals surface area contributed by atoms with Gasteiger partial charge in [-0.05, 0) is 38.1 Å². The maximum absolute atomic E-state index is 12.1. The van der Waals surface area contributed by atoms with Gasteiger partial charge in [0.1, 0.15) is 0 Å². The van der Waals surface area contributed by atoms with Gasteiger partial charge in [-0.2, -0.15) is 0 Å². The zero-order chi connectivity index (χ0) is 13.6. The number of likely N-dealkylation sites (N-methyl/N-ethyl adjacent to an activating group) is 1. The fourth-order valence-corrected chi connectivity index (χ4v) is 1.79. The van der Waals surface area contributed by atoms with E-state index >= 15 is 0 Å². The topological polar surface area (TPSA) is 41.1 Å². The molecule has 0 saturated heterocycles. The monoisotopic (exact) mass is 304 g/mol. The number of hydrogen-bond donors (Lipinski definition) is 2. The molecule has 0 bridgehead atoms. The second-order valence-electron chi connectivity index (χ2n) is 4.74. The Kier molecular flexibility index (Phi) is 8.07. The first-order chi connectivity index (χ1) is 8.48. The summed E-state index contributed by atoms with van der Waals surface area (Å²) in [5, 5.41) is 6.79. The number of carbonyl (C=O) groups is 1. The van der Waals surface area contributed by atoms with Crippen molar-refractivity contribution in [1.29, 1.82) is 0 Å². The van der Waals surface area contributed by atoms with E-state index in [1.165, 1.54) is 0 Å². The van der Waals surface area contributed by atoms with Crippen LogP contribution in [-0.2, 0) is 10.2 Å². The lowest BCUT2D eigenvalue weighted by molar-refractivity contribution is -0.125. The van der Waals surface area contributed by atoms with Gasteiger partial charge < -0.3 is 10.6 Å². The van der Waals surface area contributed by atoms with Crippen molar-refractivity contribution in [3.8, 4) is 0 Å². The third kappa shape index (κ3) is 5.39. The Bertz CT molecular complexity index is 391. The molecule has 0 aliphatic rings. The molecule has 0 radical (unpaired) electrons. The molecule has 0 fully saturated rings. The molecule has 0 aliphatic heterocycles. The van der Waals surface area contributed by atoms with Gasteiger partial charge in [0.05, 0.1) is 5.41 Å². The molecule has 1 rings (SSSR count). The molecular weight excluding hydrogens is 283 g/mol. The van der Waals surface area contributed by atoms with E-state index in [1.807, 2.05) is 45.0 Å². The van der Waals surface area contributed by atoms with Crippen molar-refractivity contribution in [1.82, 2.24) is 10.6 Å². The maximum Gasteiger partial charge on any atom is 0.230 e. The Balaban J connectivity index is 0.00000324. The Morgan fingerprint density at radius 2 is 1.79 bits per heavy atom. The fraction of sp³-hybridized carbons (Fsp3) is 0.500. The van der Waals surface area contributed by atoms with Gasteiger partial charge in [0.2, 0.25) is 5.91 Å². The van der Waals surface area contributed by atoms with E-state index in [9.17, 15) is 4.79 Å². The van der Waals surface area contributed by atoms with Crippen LogP contribution in [0, 0.1) is 0 Å². The Morgan fingerprint density at radius 1 is 1.21 bits per heavy atom. The number of halogens is 2. The van der Waals surface area contributed by atoms with Crippen LogP contribution < -0.4 is 10.6 Å². The number of amides is 1. The van der Waals surface area contributed by atoms with Crippen molar-refractivity contribution >= 4 is 29.9 Å². The van der Waals surface area contributed by atoms with Crippen LogP contribution >= 0.6 is 24.0 Å². The molecule has 2 N–H and O–H groups in total. The standard InChI is InChI=1S/C14H21ClN2O.ClH/c1-4-16-9-10-17-13(18)14(2,3)11-5-7-12(15)8-6-11;/h5-8,16H,4,9-10H2,1-3H3,(H,17,18);1H. The molecule has 108 valence electrons. The summed E-state index contributed by atoms with van der Waals surface area (Å²) in [5.74, 6) is 0.0303. The highest BCUT2D eigenvalue weighted by atomic mass is 35.5. The minimum Gasteiger partial charge on any atom is -0.354 e. The lowest BCUT2D eigenvalue weighted by Gasteiger charge is -2.24. The first kappa shape index (κ1) is 18.2. The van der Waals surface area contributed by atoms with Crippen LogP contribution in [0.3, 0.4) is 0 Å². The van der Waals surface area contributed by atoms with Crippen LogP contribution in [0.4, 0.5) is 0 Å². The number of rotatable bonds is 6. The quantitative estimate of drug-likeness (QED) is 0.794. The Hall–Kier alpha value is -0.770. The van der Waals surface area contributed by atoms with Crippen LogP contribution in [0.1, 0.15) is 26.3 Å². The molecular formula is C14H22Cl2N2O. The molecule has 3 nitrogen and oxygen atoms in total. The summed E-state index contributed by atoms with van der Waals surface area (Å²) in [4.78, 5) is 12.1. The molecule has 0 atom stereocenters. The molecule has 0 aliphatic carbocycles. The second-order valence-corrected chi connectivity index (χ2v) is 5.18. The molecule has 0 spiro atoms. The molecule has 1 amide bonds. The van der Waals surface area contributed by atoms with Crippen molar-refractivity contribution in [2.24, 2.45) is 0 Å². The van der Waals surface area contributed by atoms with E-state index in [0.717, 1.165) is 18.7 Å². The Morgan fingerprint density at radius 3 is 2.32 bits per heavy atom. The summed E-state index contributed by atoms with van der Waals surface area (Å²) in [5.41, 5.74) is 0.421. The number of carbonyl (C=O) groups excluding carboxylic acids is 1. The average molecular weight is 305 g/mol. The summed E-state index contributed by atoms with van der Waals surface area (Å²) in [6, 6.07) is 7.41. The lowest BCUT2D eigenvalue weighted by atomic mass is 9.84. The van der Waals surface area contributed by atoms with Crippen molar-refractivity contribution in [3.05, 3.63) is 34.9 Å². The zero-order valence-corrected chi connectivity index (χ0v) is 13.2. The first-order valence-corrected chi connectivity index (χ1v) is 6.61. The van der Waals surface area contributed by atoms with Gasteiger partial charge in [-0.1, -0.05) is 30.7 Å². The molecule has 0 unspecified atom stereocenters. The zero-order valence-electron chi connectivity index (χ0n) is 11.6. The van der Waals surface area contributed by atoms with Crippen molar-refractivity contribution < 1.29 is 4.79 Å². The minimum absolute atomic E-state index is 0. The molecule has 19 heavy (non-hydrogen) atoms. The maximum atomic E-state index is 12.1. The van der Waals surface area contributed by atoms with Crippen LogP contribution in [0.15, 0.2) is 24.3 Å². The largest absolute Gasteiger partial charge is 0.354 e. The second kappa shape index (κ2) is 8.41. The predicted molar refractivity (Wildman–Crippen MR) is 83.3 cm³/mol. The van der Waals surface area contributed by atoms with Crippen molar-refractivity contribution in [3.63, 3.8) is 0 Å². The van der Waals surface area contributed by atoms with Gasteiger partial charge in [-0.25, -0.2) is 0 Å². The molecule has 0 aromatic heterocycles. The number of nitrogens with one attached hydrogen (secondary N) is 2. The highest BCUT2D eigenvalue weighted by molar-refractivity contribution is 6.30. The van der Waals surface area contributed by atoms with Crippen LogP contribution in [0.25, 0.3) is 0 Å². The Labute approximate surface area is 126 Å². The third-order valence-corrected chi connectivity index (χ3v) is 3.22. The van der Waals surface area contributed by atoms with Gasteiger partial charge in [0, 0.05) is 18.1 Å². The van der Waals surface area contributed by atoms with E-state index in [-0.39, 0.29) is 18.3 Å². The van der Waals surface area contributed by atoms with E-state index in [0.29, 0.717) is 11.6 Å². The van der Waals surface area contributed by atoms with Crippen LogP contribution in [-0.4, -0.2) is 25.5 Å². The van der Waals surface area contributed by atoms with Gasteiger partial charge in [-0.3, -0.25) is 4.79 Å². The van der Waals surface area contributed by atoms with Gasteiger partial charge in [-0.15, -0.1) is 12.4 Å². The third-order valence-electron chi connectivity index (χ3n) is 2.97. The normalized spacial score (nSPS) is 10.7.